The Balaban J connectivity index is 2.64. The first-order chi connectivity index (χ1) is 7.25. The molecule has 1 N–H and O–H groups in total. The highest BCUT2D eigenvalue weighted by molar-refractivity contribution is 9.10. The van der Waals surface area contributed by atoms with Crippen molar-refractivity contribution < 1.29 is 4.42 Å². The number of furan rings is 1. The van der Waals surface area contributed by atoms with Crippen molar-refractivity contribution in [1.82, 2.24) is 9.97 Å². The largest absolute Gasteiger partial charge is 0.451 e. The standard InChI is InChI=1S/C10H5BrN2OS/c11-5-1-2-7-6(3-5)8-9(14-7)10(15)13-4-12-8/h1-4H,(H,12,13,15). The van der Waals surface area contributed by atoms with Crippen molar-refractivity contribution in [2.45, 2.75) is 0 Å². The minimum Gasteiger partial charge on any atom is -0.451 e. The van der Waals surface area contributed by atoms with Crippen LogP contribution in [0.4, 0.5) is 0 Å². The van der Waals surface area contributed by atoms with Crippen molar-refractivity contribution in [1.29, 1.82) is 0 Å². The normalized spacial score (nSPS) is 11.3. The Kier molecular flexibility index (Phi) is 1.90. The van der Waals surface area contributed by atoms with E-state index in [2.05, 4.69) is 25.9 Å². The Hall–Kier alpha value is -1.20. The van der Waals surface area contributed by atoms with Gasteiger partial charge in [-0.3, -0.25) is 0 Å². The lowest BCUT2D eigenvalue weighted by atomic mass is 10.2. The molecule has 0 radical (unpaired) electrons. The van der Waals surface area contributed by atoms with Gasteiger partial charge in [-0.25, -0.2) is 4.98 Å². The molecule has 0 amide bonds. The second-order valence-electron chi connectivity index (χ2n) is 3.15. The van der Waals surface area contributed by atoms with Crippen LogP contribution in [-0.2, 0) is 0 Å². The molecule has 0 atom stereocenters. The third kappa shape index (κ3) is 1.31. The number of hydrogen-bond donors (Lipinski definition) is 1. The van der Waals surface area contributed by atoms with Crippen molar-refractivity contribution in [3.8, 4) is 0 Å². The molecule has 0 spiro atoms. The van der Waals surface area contributed by atoms with Gasteiger partial charge in [0.25, 0.3) is 0 Å². The molecule has 2 heterocycles. The topological polar surface area (TPSA) is 41.8 Å². The highest BCUT2D eigenvalue weighted by atomic mass is 79.9. The Morgan fingerprint density at radius 1 is 1.40 bits per heavy atom. The number of aromatic amines is 1. The van der Waals surface area contributed by atoms with Gasteiger partial charge < -0.3 is 9.40 Å². The summed E-state index contributed by atoms with van der Waals surface area (Å²) in [7, 11) is 0. The lowest BCUT2D eigenvalue weighted by Crippen LogP contribution is -1.78. The van der Waals surface area contributed by atoms with E-state index in [1.54, 1.807) is 6.33 Å². The highest BCUT2D eigenvalue weighted by Gasteiger charge is 2.08. The van der Waals surface area contributed by atoms with Crippen molar-refractivity contribution >= 4 is 50.2 Å². The molecular weight excluding hydrogens is 276 g/mol. The average molecular weight is 281 g/mol. The van der Waals surface area contributed by atoms with E-state index >= 15 is 0 Å². The van der Waals surface area contributed by atoms with Gasteiger partial charge in [0.15, 0.2) is 10.2 Å². The van der Waals surface area contributed by atoms with E-state index in [9.17, 15) is 0 Å². The monoisotopic (exact) mass is 280 g/mol. The van der Waals surface area contributed by atoms with Crippen LogP contribution >= 0.6 is 28.1 Å². The quantitative estimate of drug-likeness (QED) is 0.637. The molecule has 0 aliphatic heterocycles. The Morgan fingerprint density at radius 3 is 3.13 bits per heavy atom. The number of benzene rings is 1. The zero-order chi connectivity index (χ0) is 10.4. The summed E-state index contributed by atoms with van der Waals surface area (Å²) in [4.78, 5) is 7.03. The predicted octanol–water partition coefficient (Wildman–Crippen LogP) is 3.80. The fourth-order valence-electron chi connectivity index (χ4n) is 1.58. The molecule has 3 aromatic rings. The van der Waals surface area contributed by atoms with Gasteiger partial charge in [0, 0.05) is 9.86 Å². The second-order valence-corrected chi connectivity index (χ2v) is 4.46. The molecule has 2 aromatic heterocycles. The highest BCUT2D eigenvalue weighted by Crippen LogP contribution is 2.29. The van der Waals surface area contributed by atoms with Crippen LogP contribution in [-0.4, -0.2) is 9.97 Å². The lowest BCUT2D eigenvalue weighted by molar-refractivity contribution is 0.664. The van der Waals surface area contributed by atoms with Crippen LogP contribution in [0.25, 0.3) is 22.1 Å². The average Bonchev–Trinajstić information content (AvgIpc) is 2.58. The van der Waals surface area contributed by atoms with Crippen molar-refractivity contribution in [3.05, 3.63) is 33.6 Å². The zero-order valence-electron chi connectivity index (χ0n) is 7.45. The number of nitrogens with zero attached hydrogens (tertiary/aromatic N) is 1. The fraction of sp³-hybridized carbons (Fsp3) is 0. The molecule has 5 heteroatoms. The van der Waals surface area contributed by atoms with Gasteiger partial charge in [0.2, 0.25) is 0 Å². The molecule has 0 aliphatic rings. The number of fused-ring (bicyclic) bond motifs is 3. The van der Waals surface area contributed by atoms with Crippen molar-refractivity contribution in [2.24, 2.45) is 0 Å². The summed E-state index contributed by atoms with van der Waals surface area (Å²) in [5, 5.41) is 1.01. The Labute approximate surface area is 98.3 Å². The molecule has 0 bridgehead atoms. The van der Waals surface area contributed by atoms with Crippen LogP contribution in [0.5, 0.6) is 0 Å². The second kappa shape index (κ2) is 3.15. The molecule has 0 saturated carbocycles. The maximum atomic E-state index is 5.62. The Morgan fingerprint density at radius 2 is 2.27 bits per heavy atom. The maximum Gasteiger partial charge on any atom is 0.188 e. The van der Waals surface area contributed by atoms with Crippen LogP contribution in [0, 0.1) is 4.64 Å². The van der Waals surface area contributed by atoms with Gasteiger partial charge >= 0.3 is 0 Å². The molecule has 0 fully saturated rings. The van der Waals surface area contributed by atoms with E-state index in [1.165, 1.54) is 0 Å². The molecule has 74 valence electrons. The summed E-state index contributed by atoms with van der Waals surface area (Å²) in [5.74, 6) is 0. The predicted molar refractivity (Wildman–Crippen MR) is 64.4 cm³/mol. The number of aromatic nitrogens is 2. The summed E-state index contributed by atoms with van der Waals surface area (Å²) in [6, 6.07) is 5.83. The molecule has 0 unspecified atom stereocenters. The first-order valence-corrected chi connectivity index (χ1v) is 5.51. The maximum absolute atomic E-state index is 5.62. The molecule has 0 saturated heterocycles. The van der Waals surface area contributed by atoms with Gasteiger partial charge in [-0.05, 0) is 18.2 Å². The van der Waals surface area contributed by atoms with Gasteiger partial charge in [-0.1, -0.05) is 28.1 Å². The minimum absolute atomic E-state index is 0.482. The number of nitrogens with one attached hydrogen (secondary N) is 1. The number of H-pyrrole nitrogens is 1. The van der Waals surface area contributed by atoms with Crippen LogP contribution < -0.4 is 0 Å². The SMILES string of the molecule is S=c1nc[nH]c2c1oc1ccc(Br)cc12. The van der Waals surface area contributed by atoms with E-state index in [4.69, 9.17) is 16.6 Å². The first-order valence-electron chi connectivity index (χ1n) is 4.31. The number of hydrogen-bond acceptors (Lipinski definition) is 3. The van der Waals surface area contributed by atoms with E-state index in [1.807, 2.05) is 18.2 Å². The van der Waals surface area contributed by atoms with E-state index in [-0.39, 0.29) is 0 Å². The van der Waals surface area contributed by atoms with Crippen molar-refractivity contribution in [2.75, 3.05) is 0 Å². The van der Waals surface area contributed by atoms with Gasteiger partial charge in [0.1, 0.15) is 5.58 Å². The van der Waals surface area contributed by atoms with Gasteiger partial charge in [-0.2, -0.15) is 0 Å². The van der Waals surface area contributed by atoms with Gasteiger partial charge in [-0.15, -0.1) is 0 Å². The van der Waals surface area contributed by atoms with E-state index in [0.29, 0.717) is 10.2 Å². The van der Waals surface area contributed by atoms with Crippen LogP contribution in [0.1, 0.15) is 0 Å². The third-order valence-electron chi connectivity index (χ3n) is 2.23. The van der Waals surface area contributed by atoms with Gasteiger partial charge in [0.05, 0.1) is 11.8 Å². The molecule has 0 aliphatic carbocycles. The smallest absolute Gasteiger partial charge is 0.188 e. The van der Waals surface area contributed by atoms with Crippen LogP contribution in [0.3, 0.4) is 0 Å². The lowest BCUT2D eigenvalue weighted by Gasteiger charge is -1.90. The van der Waals surface area contributed by atoms with E-state index < -0.39 is 0 Å². The third-order valence-corrected chi connectivity index (χ3v) is 3.02. The summed E-state index contributed by atoms with van der Waals surface area (Å²) in [5.41, 5.74) is 2.34. The first kappa shape index (κ1) is 9.06. The zero-order valence-corrected chi connectivity index (χ0v) is 9.85. The molecule has 1 aromatic carbocycles. The van der Waals surface area contributed by atoms with E-state index in [0.717, 1.165) is 21.0 Å². The molecule has 3 rings (SSSR count). The van der Waals surface area contributed by atoms with Crippen molar-refractivity contribution in [3.63, 3.8) is 0 Å². The van der Waals surface area contributed by atoms with Crippen LogP contribution in [0.15, 0.2) is 33.4 Å². The molecular formula is C10H5BrN2OS. The Bertz CT molecular complexity index is 716. The van der Waals surface area contributed by atoms with Crippen LogP contribution in [0.2, 0.25) is 0 Å². The summed E-state index contributed by atoms with van der Waals surface area (Å²) >= 11 is 8.52. The molecule has 15 heavy (non-hydrogen) atoms. The number of halogens is 1. The summed E-state index contributed by atoms with van der Waals surface area (Å²) < 4.78 is 7.11. The summed E-state index contributed by atoms with van der Waals surface area (Å²) in [6.07, 6.45) is 1.58. The molecule has 3 nitrogen and oxygen atoms in total. The minimum atomic E-state index is 0.482. The number of rotatable bonds is 0. The summed E-state index contributed by atoms with van der Waals surface area (Å²) in [6.45, 7) is 0. The fourth-order valence-corrected chi connectivity index (χ4v) is 2.14.